The Kier molecular flexibility index (Phi) is 3.94. The van der Waals surface area contributed by atoms with Crippen LogP contribution in [-0.2, 0) is 4.79 Å². The van der Waals surface area contributed by atoms with Crippen molar-refractivity contribution in [3.05, 3.63) is 11.8 Å². The van der Waals surface area contributed by atoms with Crippen molar-refractivity contribution in [3.63, 3.8) is 0 Å². The average molecular weight is 289 g/mol. The highest BCUT2D eigenvalue weighted by atomic mass is 16.2. The molecule has 3 rings (SSSR count). The number of piperazine rings is 1. The smallest absolute Gasteiger partial charge is 0.225 e. The van der Waals surface area contributed by atoms with Crippen LogP contribution in [0, 0.1) is 12.8 Å². The van der Waals surface area contributed by atoms with Crippen LogP contribution in [0.2, 0.25) is 0 Å². The average Bonchev–Trinajstić information content (AvgIpc) is 3.31. The number of rotatable bonds is 4. The molecule has 6 nitrogen and oxygen atoms in total. The summed E-state index contributed by atoms with van der Waals surface area (Å²) in [6, 6.07) is 2.01. The first-order valence-corrected chi connectivity index (χ1v) is 7.80. The second kappa shape index (κ2) is 5.87. The van der Waals surface area contributed by atoms with E-state index in [1.807, 2.05) is 24.8 Å². The summed E-state index contributed by atoms with van der Waals surface area (Å²) < 4.78 is 0. The largest absolute Gasteiger partial charge is 0.354 e. The van der Waals surface area contributed by atoms with E-state index in [1.165, 1.54) is 0 Å². The molecule has 1 aromatic heterocycles. The molecule has 0 spiro atoms. The predicted octanol–water partition coefficient (Wildman–Crippen LogP) is 1.28. The van der Waals surface area contributed by atoms with Gasteiger partial charge in [-0.25, -0.2) is 4.98 Å². The summed E-state index contributed by atoms with van der Waals surface area (Å²) in [5.74, 6) is 2.31. The maximum absolute atomic E-state index is 12.1. The summed E-state index contributed by atoms with van der Waals surface area (Å²) in [4.78, 5) is 25.3. The normalized spacial score (nSPS) is 18.8. The van der Waals surface area contributed by atoms with Crippen LogP contribution in [0.25, 0.3) is 0 Å². The Morgan fingerprint density at radius 1 is 1.29 bits per heavy atom. The lowest BCUT2D eigenvalue weighted by atomic mass is 10.2. The highest BCUT2D eigenvalue weighted by molar-refractivity contribution is 5.81. The molecule has 1 amide bonds. The second-order valence-corrected chi connectivity index (χ2v) is 5.81. The number of aryl methyl sites for hydroxylation is 1. The van der Waals surface area contributed by atoms with Crippen molar-refractivity contribution < 1.29 is 4.79 Å². The van der Waals surface area contributed by atoms with Crippen molar-refractivity contribution in [2.24, 2.45) is 5.92 Å². The van der Waals surface area contributed by atoms with E-state index < -0.39 is 0 Å². The molecule has 0 aromatic carbocycles. The molecule has 1 aliphatic carbocycles. The van der Waals surface area contributed by atoms with Gasteiger partial charge in [0.25, 0.3) is 0 Å². The van der Waals surface area contributed by atoms with E-state index in [4.69, 9.17) is 0 Å². The van der Waals surface area contributed by atoms with E-state index in [1.54, 1.807) is 0 Å². The number of nitrogens with one attached hydrogen (secondary N) is 1. The van der Waals surface area contributed by atoms with Gasteiger partial charge in [-0.3, -0.25) is 4.79 Å². The molecule has 114 valence electrons. The van der Waals surface area contributed by atoms with Gasteiger partial charge in [-0.15, -0.1) is 0 Å². The molecule has 21 heavy (non-hydrogen) atoms. The molecule has 1 N–H and O–H groups in total. The summed E-state index contributed by atoms with van der Waals surface area (Å²) in [7, 11) is 0. The van der Waals surface area contributed by atoms with Crippen molar-refractivity contribution in [1.82, 2.24) is 14.9 Å². The van der Waals surface area contributed by atoms with Crippen molar-refractivity contribution in [1.29, 1.82) is 0 Å². The Bertz CT molecular complexity index is 521. The topological polar surface area (TPSA) is 61.4 Å². The van der Waals surface area contributed by atoms with Gasteiger partial charge in [-0.05, 0) is 26.7 Å². The fourth-order valence-corrected chi connectivity index (χ4v) is 2.70. The maximum Gasteiger partial charge on any atom is 0.225 e. The summed E-state index contributed by atoms with van der Waals surface area (Å²) in [6.07, 6.45) is 2.16. The third kappa shape index (κ3) is 3.25. The highest BCUT2D eigenvalue weighted by Gasteiger charge is 2.34. The summed E-state index contributed by atoms with van der Waals surface area (Å²) in [5, 5.41) is 3.16. The molecule has 2 fully saturated rings. The van der Waals surface area contributed by atoms with E-state index in [9.17, 15) is 4.79 Å². The number of carbonyl (C=O) groups is 1. The number of hydrogen-bond donors (Lipinski definition) is 1. The Balaban J connectivity index is 1.64. The summed E-state index contributed by atoms with van der Waals surface area (Å²) in [5.41, 5.74) is 0.965. The first kappa shape index (κ1) is 14.1. The van der Waals surface area contributed by atoms with Crippen LogP contribution in [0.4, 0.5) is 11.8 Å². The van der Waals surface area contributed by atoms with E-state index in [-0.39, 0.29) is 0 Å². The number of amides is 1. The third-order valence-corrected chi connectivity index (χ3v) is 4.02. The lowest BCUT2D eigenvalue weighted by Crippen LogP contribution is -2.49. The molecular weight excluding hydrogens is 266 g/mol. The van der Waals surface area contributed by atoms with Gasteiger partial charge in [0, 0.05) is 50.4 Å². The monoisotopic (exact) mass is 289 g/mol. The van der Waals surface area contributed by atoms with Crippen LogP contribution in [0.3, 0.4) is 0 Å². The Morgan fingerprint density at radius 2 is 2.00 bits per heavy atom. The second-order valence-electron chi connectivity index (χ2n) is 5.81. The van der Waals surface area contributed by atoms with Gasteiger partial charge in [0.2, 0.25) is 11.9 Å². The van der Waals surface area contributed by atoms with Crippen LogP contribution in [-0.4, -0.2) is 53.5 Å². The van der Waals surface area contributed by atoms with Crippen LogP contribution in [0.1, 0.15) is 25.5 Å². The Hall–Kier alpha value is -1.85. The lowest BCUT2D eigenvalue weighted by molar-refractivity contribution is -0.132. The molecule has 1 saturated heterocycles. The first-order chi connectivity index (χ1) is 10.2. The van der Waals surface area contributed by atoms with Gasteiger partial charge in [0.05, 0.1) is 0 Å². The number of nitrogens with zero attached hydrogens (tertiary/aromatic N) is 4. The van der Waals surface area contributed by atoms with E-state index >= 15 is 0 Å². The van der Waals surface area contributed by atoms with Crippen LogP contribution in [0.15, 0.2) is 6.07 Å². The van der Waals surface area contributed by atoms with Crippen molar-refractivity contribution in [2.45, 2.75) is 26.7 Å². The highest BCUT2D eigenvalue weighted by Crippen LogP contribution is 2.31. The summed E-state index contributed by atoms with van der Waals surface area (Å²) in [6.45, 7) is 8.13. The number of carbonyl (C=O) groups excluding carboxylic acids is 1. The molecule has 1 aliphatic heterocycles. The predicted molar refractivity (Wildman–Crippen MR) is 82.4 cm³/mol. The van der Waals surface area contributed by atoms with Crippen molar-refractivity contribution in [2.75, 3.05) is 42.9 Å². The zero-order valence-corrected chi connectivity index (χ0v) is 12.8. The number of anilines is 2. The minimum Gasteiger partial charge on any atom is -0.354 e. The fraction of sp³-hybridized carbons (Fsp3) is 0.667. The molecule has 0 atom stereocenters. The molecule has 1 aromatic rings. The molecule has 0 unspecified atom stereocenters. The number of hydrogen-bond acceptors (Lipinski definition) is 5. The van der Waals surface area contributed by atoms with Crippen molar-refractivity contribution >= 4 is 17.7 Å². The maximum atomic E-state index is 12.1. The standard InChI is InChI=1S/C15H23N5O/c1-3-16-15-17-11(2)10-13(18-15)19-6-8-20(9-7-19)14(21)12-4-5-12/h10,12H,3-9H2,1-2H3,(H,16,17,18). The Labute approximate surface area is 125 Å². The minimum atomic E-state index is 0.318. The quantitative estimate of drug-likeness (QED) is 0.904. The van der Waals surface area contributed by atoms with Gasteiger partial charge in [-0.2, -0.15) is 4.98 Å². The zero-order chi connectivity index (χ0) is 14.8. The van der Waals surface area contributed by atoms with Crippen molar-refractivity contribution in [3.8, 4) is 0 Å². The van der Waals surface area contributed by atoms with Gasteiger partial charge >= 0.3 is 0 Å². The number of aromatic nitrogens is 2. The molecule has 2 aliphatic rings. The molecule has 6 heteroatoms. The molecule has 2 heterocycles. The van der Waals surface area contributed by atoms with E-state index in [2.05, 4.69) is 20.2 Å². The van der Waals surface area contributed by atoms with E-state index in [0.717, 1.165) is 57.1 Å². The van der Waals surface area contributed by atoms with E-state index in [0.29, 0.717) is 17.8 Å². The van der Waals surface area contributed by atoms with Crippen LogP contribution >= 0.6 is 0 Å². The van der Waals surface area contributed by atoms with Gasteiger partial charge in [-0.1, -0.05) is 0 Å². The Morgan fingerprint density at radius 3 is 2.62 bits per heavy atom. The summed E-state index contributed by atoms with van der Waals surface area (Å²) >= 11 is 0. The third-order valence-electron chi connectivity index (χ3n) is 4.02. The first-order valence-electron chi connectivity index (χ1n) is 7.80. The molecule has 1 saturated carbocycles. The molecule has 0 radical (unpaired) electrons. The fourth-order valence-electron chi connectivity index (χ4n) is 2.70. The molecule has 0 bridgehead atoms. The van der Waals surface area contributed by atoms with Crippen LogP contribution in [0.5, 0.6) is 0 Å². The zero-order valence-electron chi connectivity index (χ0n) is 12.8. The van der Waals surface area contributed by atoms with Gasteiger partial charge in [0.1, 0.15) is 5.82 Å². The lowest BCUT2D eigenvalue weighted by Gasteiger charge is -2.35. The van der Waals surface area contributed by atoms with Gasteiger partial charge < -0.3 is 15.1 Å². The molecular formula is C15H23N5O. The minimum absolute atomic E-state index is 0.318. The van der Waals surface area contributed by atoms with Gasteiger partial charge in [0.15, 0.2) is 0 Å². The van der Waals surface area contributed by atoms with Crippen LogP contribution < -0.4 is 10.2 Å². The SMILES string of the molecule is CCNc1nc(C)cc(N2CCN(C(=O)C3CC3)CC2)n1.